The Labute approximate surface area is 124 Å². The molecule has 1 aliphatic heterocycles. The number of carbonyl (C=O) groups excluding carboxylic acids is 1. The van der Waals surface area contributed by atoms with Gasteiger partial charge in [0.1, 0.15) is 10.6 Å². The van der Waals surface area contributed by atoms with Gasteiger partial charge in [0.2, 0.25) is 0 Å². The molecule has 1 aromatic heterocycles. The first-order valence-corrected chi connectivity index (χ1v) is 8.30. The zero-order valence-electron chi connectivity index (χ0n) is 11.9. The van der Waals surface area contributed by atoms with Gasteiger partial charge in [-0.15, -0.1) is 11.3 Å². The molecule has 1 saturated heterocycles. The molecule has 110 valence electrons. The molecule has 5 heteroatoms. The highest BCUT2D eigenvalue weighted by molar-refractivity contribution is 7.12. The molecular formula is C15H22N2O2S. The van der Waals surface area contributed by atoms with E-state index in [4.69, 9.17) is 4.74 Å². The standard InChI is InChI=1S/C15H22N2O2S/c1-19-13-6-9-20-14(13)15(18)17(12-2-3-12)10-11-4-7-16-8-5-11/h6,9,11-12,16H,2-5,7-8,10H2,1H3. The van der Waals surface area contributed by atoms with E-state index in [0.717, 1.165) is 43.1 Å². The Kier molecular flexibility index (Phi) is 4.27. The van der Waals surface area contributed by atoms with Gasteiger partial charge in [0, 0.05) is 12.6 Å². The number of hydrogen-bond donors (Lipinski definition) is 1. The van der Waals surface area contributed by atoms with E-state index in [1.54, 1.807) is 7.11 Å². The zero-order valence-corrected chi connectivity index (χ0v) is 12.7. The van der Waals surface area contributed by atoms with Crippen molar-refractivity contribution in [3.63, 3.8) is 0 Å². The number of nitrogens with zero attached hydrogens (tertiary/aromatic N) is 1. The molecule has 2 aliphatic rings. The highest BCUT2D eigenvalue weighted by atomic mass is 32.1. The number of nitrogens with one attached hydrogen (secondary N) is 1. The number of amides is 1. The topological polar surface area (TPSA) is 41.6 Å². The van der Waals surface area contributed by atoms with Crippen LogP contribution in [0.3, 0.4) is 0 Å². The quantitative estimate of drug-likeness (QED) is 0.906. The van der Waals surface area contributed by atoms with Crippen LogP contribution < -0.4 is 10.1 Å². The summed E-state index contributed by atoms with van der Waals surface area (Å²) in [6.45, 7) is 3.08. The largest absolute Gasteiger partial charge is 0.495 e. The van der Waals surface area contributed by atoms with Gasteiger partial charge in [0.25, 0.3) is 5.91 Å². The van der Waals surface area contributed by atoms with Crippen molar-refractivity contribution in [1.29, 1.82) is 0 Å². The average Bonchev–Trinajstić information content (AvgIpc) is 3.21. The summed E-state index contributed by atoms with van der Waals surface area (Å²) in [6.07, 6.45) is 4.67. The maximum atomic E-state index is 12.8. The highest BCUT2D eigenvalue weighted by Gasteiger charge is 2.36. The van der Waals surface area contributed by atoms with Gasteiger partial charge in [-0.2, -0.15) is 0 Å². The lowest BCUT2D eigenvalue weighted by Crippen LogP contribution is -2.40. The number of thiophene rings is 1. The fourth-order valence-electron chi connectivity index (χ4n) is 2.87. The van der Waals surface area contributed by atoms with Crippen LogP contribution in [0.25, 0.3) is 0 Å². The van der Waals surface area contributed by atoms with Gasteiger partial charge < -0.3 is 15.0 Å². The Morgan fingerprint density at radius 3 is 2.80 bits per heavy atom. The number of rotatable bonds is 5. The third kappa shape index (κ3) is 2.99. The van der Waals surface area contributed by atoms with Crippen molar-refractivity contribution in [3.8, 4) is 5.75 Å². The number of carbonyl (C=O) groups is 1. The third-order valence-corrected chi connectivity index (χ3v) is 5.09. The summed E-state index contributed by atoms with van der Waals surface area (Å²) in [5, 5.41) is 5.32. The van der Waals surface area contributed by atoms with Crippen molar-refractivity contribution in [2.75, 3.05) is 26.7 Å². The molecule has 0 aromatic carbocycles. The van der Waals surface area contributed by atoms with E-state index in [2.05, 4.69) is 10.2 Å². The van der Waals surface area contributed by atoms with Crippen molar-refractivity contribution in [1.82, 2.24) is 10.2 Å². The monoisotopic (exact) mass is 294 g/mol. The van der Waals surface area contributed by atoms with E-state index in [0.29, 0.717) is 12.0 Å². The van der Waals surface area contributed by atoms with Gasteiger partial charge in [-0.05, 0) is 56.1 Å². The van der Waals surface area contributed by atoms with Crippen LogP contribution in [0.15, 0.2) is 11.4 Å². The Morgan fingerprint density at radius 2 is 2.15 bits per heavy atom. The second-order valence-corrected chi connectivity index (χ2v) is 6.62. The number of piperidine rings is 1. The Balaban J connectivity index is 1.71. The Morgan fingerprint density at radius 1 is 1.40 bits per heavy atom. The molecule has 0 atom stereocenters. The van der Waals surface area contributed by atoms with Gasteiger partial charge in [0.05, 0.1) is 7.11 Å². The maximum absolute atomic E-state index is 12.8. The summed E-state index contributed by atoms with van der Waals surface area (Å²) < 4.78 is 5.30. The zero-order chi connectivity index (χ0) is 13.9. The summed E-state index contributed by atoms with van der Waals surface area (Å²) in [4.78, 5) is 15.6. The van der Waals surface area contributed by atoms with Gasteiger partial charge in [0.15, 0.2) is 0 Å². The summed E-state index contributed by atoms with van der Waals surface area (Å²) in [6, 6.07) is 2.34. The molecule has 3 rings (SSSR count). The summed E-state index contributed by atoms with van der Waals surface area (Å²) in [5.74, 6) is 1.53. The predicted molar refractivity (Wildman–Crippen MR) is 80.5 cm³/mol. The molecule has 2 fully saturated rings. The van der Waals surface area contributed by atoms with Crippen LogP contribution in [0, 0.1) is 5.92 Å². The second-order valence-electron chi connectivity index (χ2n) is 5.70. The van der Waals surface area contributed by atoms with E-state index in [-0.39, 0.29) is 5.91 Å². The fourth-order valence-corrected chi connectivity index (χ4v) is 3.68. The van der Waals surface area contributed by atoms with Crippen LogP contribution in [0.1, 0.15) is 35.4 Å². The summed E-state index contributed by atoms with van der Waals surface area (Å²) in [5.41, 5.74) is 0. The number of ether oxygens (including phenoxy) is 1. The van der Waals surface area contributed by atoms with E-state index in [9.17, 15) is 4.79 Å². The summed E-state index contributed by atoms with van der Waals surface area (Å²) in [7, 11) is 1.63. The minimum atomic E-state index is 0.165. The molecule has 1 aromatic rings. The van der Waals surface area contributed by atoms with Crippen molar-refractivity contribution in [3.05, 3.63) is 16.3 Å². The Hall–Kier alpha value is -1.07. The molecule has 20 heavy (non-hydrogen) atoms. The first-order chi connectivity index (χ1) is 9.79. The van der Waals surface area contributed by atoms with Crippen molar-refractivity contribution >= 4 is 17.2 Å². The van der Waals surface area contributed by atoms with E-state index in [1.165, 1.54) is 24.2 Å². The van der Waals surface area contributed by atoms with Gasteiger partial charge in [-0.25, -0.2) is 0 Å². The van der Waals surface area contributed by atoms with Crippen LogP contribution in [-0.4, -0.2) is 43.6 Å². The first-order valence-electron chi connectivity index (χ1n) is 7.42. The normalized spacial score (nSPS) is 19.9. The lowest BCUT2D eigenvalue weighted by Gasteiger charge is -2.30. The molecule has 1 N–H and O–H groups in total. The molecule has 0 unspecified atom stereocenters. The minimum absolute atomic E-state index is 0.165. The highest BCUT2D eigenvalue weighted by Crippen LogP contribution is 2.33. The van der Waals surface area contributed by atoms with Gasteiger partial charge in [-0.1, -0.05) is 0 Å². The SMILES string of the molecule is COc1ccsc1C(=O)N(CC1CCNCC1)C1CC1. The van der Waals surface area contributed by atoms with Crippen LogP contribution in [0.4, 0.5) is 0 Å². The first kappa shape index (κ1) is 13.9. The van der Waals surface area contributed by atoms with Gasteiger partial charge in [-0.3, -0.25) is 4.79 Å². The van der Waals surface area contributed by atoms with E-state index < -0.39 is 0 Å². The summed E-state index contributed by atoms with van der Waals surface area (Å²) >= 11 is 1.49. The molecule has 0 spiro atoms. The van der Waals surface area contributed by atoms with Crippen molar-refractivity contribution in [2.24, 2.45) is 5.92 Å². The molecule has 1 aliphatic carbocycles. The molecule has 4 nitrogen and oxygen atoms in total. The van der Waals surface area contributed by atoms with Crippen LogP contribution in [0.2, 0.25) is 0 Å². The lowest BCUT2D eigenvalue weighted by molar-refractivity contribution is 0.0703. The second kappa shape index (κ2) is 6.14. The van der Waals surface area contributed by atoms with Crippen LogP contribution in [0.5, 0.6) is 5.75 Å². The predicted octanol–water partition coefficient (Wildman–Crippen LogP) is 2.36. The number of methoxy groups -OCH3 is 1. The van der Waals surface area contributed by atoms with Crippen molar-refractivity contribution in [2.45, 2.75) is 31.7 Å². The smallest absolute Gasteiger partial charge is 0.268 e. The molecule has 1 saturated carbocycles. The molecule has 0 radical (unpaired) electrons. The fraction of sp³-hybridized carbons (Fsp3) is 0.667. The molecule has 2 heterocycles. The van der Waals surface area contributed by atoms with E-state index >= 15 is 0 Å². The minimum Gasteiger partial charge on any atom is -0.495 e. The van der Waals surface area contributed by atoms with Gasteiger partial charge >= 0.3 is 0 Å². The van der Waals surface area contributed by atoms with Crippen LogP contribution in [-0.2, 0) is 0 Å². The van der Waals surface area contributed by atoms with Crippen LogP contribution >= 0.6 is 11.3 Å². The Bertz CT molecular complexity index is 464. The average molecular weight is 294 g/mol. The van der Waals surface area contributed by atoms with E-state index in [1.807, 2.05) is 11.4 Å². The number of hydrogen-bond acceptors (Lipinski definition) is 4. The van der Waals surface area contributed by atoms with Crippen molar-refractivity contribution < 1.29 is 9.53 Å². The molecule has 1 amide bonds. The molecular weight excluding hydrogens is 272 g/mol. The maximum Gasteiger partial charge on any atom is 0.268 e. The molecule has 0 bridgehead atoms. The third-order valence-electron chi connectivity index (χ3n) is 4.21. The lowest BCUT2D eigenvalue weighted by atomic mass is 9.97.